The minimum absolute atomic E-state index is 0.193. The van der Waals surface area contributed by atoms with E-state index in [1.807, 2.05) is 0 Å². The Balaban J connectivity index is 1.75. The molecule has 2 N–H and O–H groups in total. The van der Waals surface area contributed by atoms with Gasteiger partial charge < -0.3 is 15.2 Å². The number of carboxylic acid groups (broad SMARTS) is 1. The molecule has 1 aromatic carbocycles. The highest BCUT2D eigenvalue weighted by Gasteiger charge is 2.53. The van der Waals surface area contributed by atoms with Crippen LogP contribution in [0.1, 0.15) is 36.8 Å². The summed E-state index contributed by atoms with van der Waals surface area (Å²) in [7, 11) is 0. The number of halogens is 3. The third-order valence-electron chi connectivity index (χ3n) is 4.95. The van der Waals surface area contributed by atoms with E-state index in [4.69, 9.17) is 4.74 Å². The minimum atomic E-state index is -4.48. The predicted octanol–water partition coefficient (Wildman–Crippen LogP) is 2.49. The molecule has 1 amide bonds. The van der Waals surface area contributed by atoms with E-state index in [1.165, 1.54) is 12.1 Å². The van der Waals surface area contributed by atoms with Crippen LogP contribution in [-0.2, 0) is 25.9 Å². The molecule has 1 saturated heterocycles. The van der Waals surface area contributed by atoms with E-state index in [0.29, 0.717) is 37.9 Å². The molecule has 1 aromatic rings. The van der Waals surface area contributed by atoms with Crippen molar-refractivity contribution < 1.29 is 32.6 Å². The van der Waals surface area contributed by atoms with Crippen molar-refractivity contribution in [1.29, 1.82) is 0 Å². The first-order chi connectivity index (χ1) is 11.7. The van der Waals surface area contributed by atoms with Gasteiger partial charge in [0.05, 0.1) is 17.5 Å². The maximum absolute atomic E-state index is 12.9. The first-order valence-electron chi connectivity index (χ1n) is 8.03. The van der Waals surface area contributed by atoms with Crippen LogP contribution in [0.2, 0.25) is 0 Å². The number of carbonyl (C=O) groups is 2. The van der Waals surface area contributed by atoms with Crippen molar-refractivity contribution in [3.8, 4) is 0 Å². The number of hydrogen-bond donors (Lipinski definition) is 2. The van der Waals surface area contributed by atoms with Crippen molar-refractivity contribution in [2.75, 3.05) is 13.2 Å². The number of hydrogen-bond acceptors (Lipinski definition) is 3. The van der Waals surface area contributed by atoms with Crippen LogP contribution in [0, 0.1) is 0 Å². The van der Waals surface area contributed by atoms with Gasteiger partial charge in [0.2, 0.25) is 5.91 Å². The molecule has 0 radical (unpaired) electrons. The largest absolute Gasteiger partial charge is 0.479 e. The first kappa shape index (κ1) is 17.7. The fourth-order valence-corrected chi connectivity index (χ4v) is 3.24. The second-order valence-corrected chi connectivity index (χ2v) is 6.59. The summed E-state index contributed by atoms with van der Waals surface area (Å²) in [6, 6.07) is 4.74. The molecule has 3 rings (SSSR count). The topological polar surface area (TPSA) is 75.6 Å². The molecule has 0 spiro atoms. The highest BCUT2D eigenvalue weighted by molar-refractivity contribution is 5.92. The third-order valence-corrected chi connectivity index (χ3v) is 4.95. The van der Waals surface area contributed by atoms with Gasteiger partial charge in [-0.1, -0.05) is 18.2 Å². The minimum Gasteiger partial charge on any atom is -0.479 e. The number of alkyl halides is 3. The lowest BCUT2D eigenvalue weighted by atomic mass is 9.92. The Kier molecular flexibility index (Phi) is 4.26. The van der Waals surface area contributed by atoms with E-state index in [9.17, 15) is 27.9 Å². The lowest BCUT2D eigenvalue weighted by molar-refractivity contribution is -0.159. The molecule has 1 atom stereocenters. The maximum Gasteiger partial charge on any atom is 0.416 e. The molecule has 1 unspecified atom stereocenters. The summed E-state index contributed by atoms with van der Waals surface area (Å²) in [6.07, 6.45) is -2.74. The van der Waals surface area contributed by atoms with Gasteiger partial charge in [-0.3, -0.25) is 4.79 Å². The molecule has 8 heteroatoms. The van der Waals surface area contributed by atoms with Crippen LogP contribution in [0.25, 0.3) is 0 Å². The van der Waals surface area contributed by atoms with Crippen molar-refractivity contribution in [3.05, 3.63) is 35.4 Å². The number of carbonyl (C=O) groups excluding carboxylic acids is 1. The highest BCUT2D eigenvalue weighted by atomic mass is 19.4. The van der Waals surface area contributed by atoms with Gasteiger partial charge >= 0.3 is 12.1 Å². The molecule has 2 fully saturated rings. The molecule has 2 aliphatic rings. The zero-order valence-electron chi connectivity index (χ0n) is 13.4. The fourth-order valence-electron chi connectivity index (χ4n) is 3.24. The predicted molar refractivity (Wildman–Crippen MR) is 80.9 cm³/mol. The lowest BCUT2D eigenvalue weighted by Crippen LogP contribution is -2.50. The Morgan fingerprint density at radius 2 is 1.96 bits per heavy atom. The van der Waals surface area contributed by atoms with Gasteiger partial charge in [-0.25, -0.2) is 4.79 Å². The van der Waals surface area contributed by atoms with Crippen molar-refractivity contribution in [3.63, 3.8) is 0 Å². The smallest absolute Gasteiger partial charge is 0.416 e. The van der Waals surface area contributed by atoms with Crippen LogP contribution < -0.4 is 5.32 Å². The van der Waals surface area contributed by atoms with Crippen LogP contribution in [0.3, 0.4) is 0 Å². The average Bonchev–Trinajstić information content (AvgIpc) is 3.23. The molecular weight excluding hydrogens is 339 g/mol. The Morgan fingerprint density at radius 1 is 1.24 bits per heavy atom. The third kappa shape index (κ3) is 3.22. The first-order valence-corrected chi connectivity index (χ1v) is 8.03. The van der Waals surface area contributed by atoms with E-state index in [-0.39, 0.29) is 6.54 Å². The Hall–Kier alpha value is -2.09. The van der Waals surface area contributed by atoms with Crippen LogP contribution in [0.4, 0.5) is 13.2 Å². The second-order valence-electron chi connectivity index (χ2n) is 6.59. The van der Waals surface area contributed by atoms with Gasteiger partial charge in [-0.05, 0) is 37.3 Å². The van der Waals surface area contributed by atoms with Crippen molar-refractivity contribution >= 4 is 11.9 Å². The standard InChI is InChI=1S/C17H18F3NO4/c18-17(19,20)12-4-1-3-11(9-12)15(6-7-15)13(22)21-10-16(14(23)24)5-2-8-25-16/h1,3-4,9H,2,5-8,10H2,(H,21,22)(H,23,24). The quantitative estimate of drug-likeness (QED) is 0.849. The van der Waals surface area contributed by atoms with E-state index in [2.05, 4.69) is 5.32 Å². The Morgan fingerprint density at radius 3 is 2.48 bits per heavy atom. The maximum atomic E-state index is 12.9. The number of amides is 1. The Bertz CT molecular complexity index is 691. The van der Waals surface area contributed by atoms with Crippen LogP contribution in [0.15, 0.2) is 24.3 Å². The number of aliphatic carboxylic acids is 1. The zero-order valence-corrected chi connectivity index (χ0v) is 13.4. The molecule has 1 heterocycles. The van der Waals surface area contributed by atoms with Gasteiger partial charge in [0.25, 0.3) is 0 Å². The lowest BCUT2D eigenvalue weighted by Gasteiger charge is -2.25. The molecule has 25 heavy (non-hydrogen) atoms. The number of nitrogens with one attached hydrogen (secondary N) is 1. The Labute approximate surface area is 142 Å². The van der Waals surface area contributed by atoms with Gasteiger partial charge in [0, 0.05) is 6.61 Å². The van der Waals surface area contributed by atoms with Crippen LogP contribution in [0.5, 0.6) is 0 Å². The molecule has 0 bridgehead atoms. The fraction of sp³-hybridized carbons (Fsp3) is 0.529. The summed E-state index contributed by atoms with van der Waals surface area (Å²) in [6.45, 7) is 0.114. The van der Waals surface area contributed by atoms with E-state index in [1.54, 1.807) is 0 Å². The SMILES string of the molecule is O=C(O)C1(CNC(=O)C2(c3cccc(C(F)(F)F)c3)CC2)CCCO1. The van der Waals surface area contributed by atoms with Crippen LogP contribution in [-0.4, -0.2) is 35.7 Å². The van der Waals surface area contributed by atoms with E-state index in [0.717, 1.165) is 12.1 Å². The molecule has 1 aliphatic carbocycles. The number of ether oxygens (including phenoxy) is 1. The number of benzene rings is 1. The zero-order chi connectivity index (χ0) is 18.3. The molecule has 1 saturated carbocycles. The average molecular weight is 357 g/mol. The molecule has 5 nitrogen and oxygen atoms in total. The van der Waals surface area contributed by atoms with Gasteiger partial charge in [-0.2, -0.15) is 13.2 Å². The highest BCUT2D eigenvalue weighted by Crippen LogP contribution is 2.49. The molecular formula is C17H18F3NO4. The normalized spacial score (nSPS) is 24.8. The van der Waals surface area contributed by atoms with Crippen molar-refractivity contribution in [2.45, 2.75) is 42.9 Å². The number of rotatable bonds is 5. The molecule has 1 aliphatic heterocycles. The summed E-state index contributed by atoms with van der Waals surface area (Å²) in [5, 5.41) is 11.9. The van der Waals surface area contributed by atoms with Gasteiger partial charge in [-0.15, -0.1) is 0 Å². The van der Waals surface area contributed by atoms with Gasteiger partial charge in [0.15, 0.2) is 5.60 Å². The monoisotopic (exact) mass is 357 g/mol. The number of carboxylic acids is 1. The summed E-state index contributed by atoms with van der Waals surface area (Å²) in [4.78, 5) is 24.0. The van der Waals surface area contributed by atoms with Gasteiger partial charge in [0.1, 0.15) is 0 Å². The van der Waals surface area contributed by atoms with Crippen LogP contribution >= 0.6 is 0 Å². The van der Waals surface area contributed by atoms with E-state index < -0.39 is 34.6 Å². The summed E-state index contributed by atoms with van der Waals surface area (Å²) < 4.78 is 44.0. The summed E-state index contributed by atoms with van der Waals surface area (Å²) in [5.74, 6) is -1.60. The molecule has 136 valence electrons. The summed E-state index contributed by atoms with van der Waals surface area (Å²) >= 11 is 0. The van der Waals surface area contributed by atoms with E-state index >= 15 is 0 Å². The van der Waals surface area contributed by atoms with Crippen molar-refractivity contribution in [1.82, 2.24) is 5.32 Å². The van der Waals surface area contributed by atoms with Crippen molar-refractivity contribution in [2.24, 2.45) is 0 Å². The summed E-state index contributed by atoms with van der Waals surface area (Å²) in [5.41, 5.74) is -2.96. The molecule has 0 aromatic heterocycles. The second kappa shape index (κ2) is 6.01.